The SMILES string of the molecule is CC(C)c1cc(=O)c2cccc(Br)c2[nH]1. The van der Waals surface area contributed by atoms with Gasteiger partial charge in [-0.05, 0) is 34.0 Å². The van der Waals surface area contributed by atoms with Gasteiger partial charge in [-0.15, -0.1) is 0 Å². The van der Waals surface area contributed by atoms with Gasteiger partial charge in [-0.2, -0.15) is 0 Å². The van der Waals surface area contributed by atoms with Crippen molar-refractivity contribution in [3.8, 4) is 0 Å². The van der Waals surface area contributed by atoms with Gasteiger partial charge in [0.25, 0.3) is 0 Å². The van der Waals surface area contributed by atoms with Gasteiger partial charge in [-0.25, -0.2) is 0 Å². The molecule has 0 spiro atoms. The van der Waals surface area contributed by atoms with Crippen LogP contribution in [0.5, 0.6) is 0 Å². The average Bonchev–Trinajstić information content (AvgIpc) is 2.19. The fraction of sp³-hybridized carbons (Fsp3) is 0.250. The smallest absolute Gasteiger partial charge is 0.189 e. The Bertz CT molecular complexity index is 557. The number of aromatic amines is 1. The maximum Gasteiger partial charge on any atom is 0.189 e. The summed E-state index contributed by atoms with van der Waals surface area (Å²) >= 11 is 3.44. The molecule has 0 amide bonds. The molecule has 0 bridgehead atoms. The number of nitrogens with one attached hydrogen (secondary N) is 1. The Hall–Kier alpha value is -1.09. The second-order valence-electron chi connectivity index (χ2n) is 3.91. The minimum atomic E-state index is 0.0775. The number of pyridine rings is 1. The molecule has 1 N–H and O–H groups in total. The minimum absolute atomic E-state index is 0.0775. The predicted molar refractivity (Wildman–Crippen MR) is 66.4 cm³/mol. The zero-order valence-electron chi connectivity index (χ0n) is 8.67. The van der Waals surface area contributed by atoms with Crippen molar-refractivity contribution in [1.29, 1.82) is 0 Å². The van der Waals surface area contributed by atoms with Gasteiger partial charge in [-0.1, -0.05) is 19.9 Å². The van der Waals surface area contributed by atoms with Gasteiger partial charge in [0.1, 0.15) is 0 Å². The molecular weight excluding hydrogens is 254 g/mol. The lowest BCUT2D eigenvalue weighted by Gasteiger charge is -2.08. The van der Waals surface area contributed by atoms with E-state index in [0.29, 0.717) is 5.92 Å². The van der Waals surface area contributed by atoms with Crippen molar-refractivity contribution in [1.82, 2.24) is 4.98 Å². The van der Waals surface area contributed by atoms with Crippen molar-refractivity contribution < 1.29 is 0 Å². The third-order valence-electron chi connectivity index (χ3n) is 2.46. The topological polar surface area (TPSA) is 32.9 Å². The Kier molecular flexibility index (Phi) is 2.65. The van der Waals surface area contributed by atoms with E-state index in [1.165, 1.54) is 0 Å². The van der Waals surface area contributed by atoms with Crippen LogP contribution in [-0.4, -0.2) is 4.98 Å². The molecule has 1 aromatic carbocycles. The van der Waals surface area contributed by atoms with Crippen LogP contribution in [0.15, 0.2) is 33.5 Å². The summed E-state index contributed by atoms with van der Waals surface area (Å²) < 4.78 is 0.930. The first-order valence-electron chi connectivity index (χ1n) is 4.91. The molecule has 78 valence electrons. The van der Waals surface area contributed by atoms with Crippen molar-refractivity contribution in [3.63, 3.8) is 0 Å². The van der Waals surface area contributed by atoms with Crippen molar-refractivity contribution in [2.24, 2.45) is 0 Å². The van der Waals surface area contributed by atoms with E-state index in [1.54, 1.807) is 6.07 Å². The van der Waals surface area contributed by atoms with Crippen LogP contribution < -0.4 is 5.43 Å². The first-order valence-corrected chi connectivity index (χ1v) is 5.70. The summed E-state index contributed by atoms with van der Waals surface area (Å²) in [6.45, 7) is 4.13. The van der Waals surface area contributed by atoms with Crippen LogP contribution in [0, 0.1) is 0 Å². The molecule has 0 unspecified atom stereocenters. The number of fused-ring (bicyclic) bond motifs is 1. The van der Waals surface area contributed by atoms with E-state index in [2.05, 4.69) is 34.8 Å². The van der Waals surface area contributed by atoms with E-state index in [4.69, 9.17) is 0 Å². The van der Waals surface area contributed by atoms with E-state index in [1.807, 2.05) is 18.2 Å². The molecule has 3 heteroatoms. The summed E-state index contributed by atoms with van der Waals surface area (Å²) in [5, 5.41) is 0.730. The summed E-state index contributed by atoms with van der Waals surface area (Å²) in [5.41, 5.74) is 1.93. The minimum Gasteiger partial charge on any atom is -0.357 e. The monoisotopic (exact) mass is 265 g/mol. The molecule has 0 aliphatic carbocycles. The first-order chi connectivity index (χ1) is 7.09. The lowest BCUT2D eigenvalue weighted by Crippen LogP contribution is -2.06. The highest BCUT2D eigenvalue weighted by Crippen LogP contribution is 2.21. The lowest BCUT2D eigenvalue weighted by molar-refractivity contribution is 0.828. The van der Waals surface area contributed by atoms with Crippen LogP contribution >= 0.6 is 15.9 Å². The molecule has 0 atom stereocenters. The molecule has 2 aromatic rings. The Morgan fingerprint density at radius 3 is 2.73 bits per heavy atom. The Morgan fingerprint density at radius 1 is 1.33 bits per heavy atom. The van der Waals surface area contributed by atoms with Gasteiger partial charge in [0.15, 0.2) is 5.43 Å². The van der Waals surface area contributed by atoms with Crippen molar-refractivity contribution >= 4 is 26.8 Å². The first kappa shape index (κ1) is 10.4. The molecule has 15 heavy (non-hydrogen) atoms. The van der Waals surface area contributed by atoms with Crippen molar-refractivity contribution in [2.45, 2.75) is 19.8 Å². The third-order valence-corrected chi connectivity index (χ3v) is 3.12. The lowest BCUT2D eigenvalue weighted by atomic mass is 10.1. The molecule has 0 fully saturated rings. The van der Waals surface area contributed by atoms with Gasteiger partial charge < -0.3 is 4.98 Å². The Morgan fingerprint density at radius 2 is 2.07 bits per heavy atom. The number of para-hydroxylation sites is 1. The van der Waals surface area contributed by atoms with E-state index in [-0.39, 0.29) is 5.43 Å². The zero-order chi connectivity index (χ0) is 11.0. The molecule has 1 heterocycles. The van der Waals surface area contributed by atoms with Crippen LogP contribution in [0.4, 0.5) is 0 Å². The van der Waals surface area contributed by atoms with E-state index >= 15 is 0 Å². The standard InChI is InChI=1S/C12H12BrNO/c1-7(2)10-6-11(15)8-4-3-5-9(13)12(8)14-10/h3-7H,1-2H3,(H,14,15). The van der Waals surface area contributed by atoms with E-state index < -0.39 is 0 Å². The van der Waals surface area contributed by atoms with Gasteiger partial charge in [0.05, 0.1) is 5.52 Å². The fourth-order valence-electron chi connectivity index (χ4n) is 1.57. The number of halogens is 1. The van der Waals surface area contributed by atoms with Crippen LogP contribution in [0.2, 0.25) is 0 Å². The largest absolute Gasteiger partial charge is 0.357 e. The summed E-state index contributed by atoms with van der Waals surface area (Å²) in [6, 6.07) is 7.32. The maximum atomic E-state index is 11.8. The summed E-state index contributed by atoms with van der Waals surface area (Å²) in [4.78, 5) is 15.1. The van der Waals surface area contributed by atoms with Crippen LogP contribution in [0.1, 0.15) is 25.5 Å². The molecule has 0 aliphatic rings. The number of aromatic nitrogens is 1. The Balaban J connectivity index is 2.86. The number of hydrogen-bond donors (Lipinski definition) is 1. The molecular formula is C12H12BrNO. The number of H-pyrrole nitrogens is 1. The van der Waals surface area contributed by atoms with E-state index in [0.717, 1.165) is 21.1 Å². The average molecular weight is 266 g/mol. The second-order valence-corrected chi connectivity index (χ2v) is 4.76. The quantitative estimate of drug-likeness (QED) is 0.842. The van der Waals surface area contributed by atoms with Gasteiger partial charge in [-0.3, -0.25) is 4.79 Å². The second kappa shape index (κ2) is 3.81. The summed E-state index contributed by atoms with van der Waals surface area (Å²) in [7, 11) is 0. The molecule has 2 nitrogen and oxygen atoms in total. The maximum absolute atomic E-state index is 11.8. The highest BCUT2D eigenvalue weighted by Gasteiger charge is 2.06. The van der Waals surface area contributed by atoms with Crippen LogP contribution in [0.25, 0.3) is 10.9 Å². The highest BCUT2D eigenvalue weighted by molar-refractivity contribution is 9.10. The predicted octanol–water partition coefficient (Wildman–Crippen LogP) is 3.41. The van der Waals surface area contributed by atoms with Gasteiger partial charge in [0.2, 0.25) is 0 Å². The molecule has 0 saturated carbocycles. The number of rotatable bonds is 1. The van der Waals surface area contributed by atoms with Crippen LogP contribution in [-0.2, 0) is 0 Å². The van der Waals surface area contributed by atoms with Gasteiger partial charge in [0, 0.05) is 21.6 Å². The highest BCUT2D eigenvalue weighted by atomic mass is 79.9. The summed E-state index contributed by atoms with van der Waals surface area (Å²) in [5.74, 6) is 0.328. The molecule has 0 aliphatic heterocycles. The normalized spacial score (nSPS) is 11.2. The van der Waals surface area contributed by atoms with Crippen LogP contribution in [0.3, 0.4) is 0 Å². The Labute approximate surface area is 96.5 Å². The molecule has 1 aromatic heterocycles. The van der Waals surface area contributed by atoms with Gasteiger partial charge >= 0.3 is 0 Å². The van der Waals surface area contributed by atoms with Crippen molar-refractivity contribution in [2.75, 3.05) is 0 Å². The number of benzene rings is 1. The summed E-state index contributed by atoms with van der Waals surface area (Å²) in [6.07, 6.45) is 0. The zero-order valence-corrected chi connectivity index (χ0v) is 10.3. The molecule has 0 saturated heterocycles. The van der Waals surface area contributed by atoms with E-state index in [9.17, 15) is 4.79 Å². The fourth-order valence-corrected chi connectivity index (χ4v) is 2.03. The van der Waals surface area contributed by atoms with Crippen molar-refractivity contribution in [3.05, 3.63) is 44.7 Å². The molecule has 0 radical (unpaired) electrons. The molecule has 2 rings (SSSR count). The number of hydrogen-bond acceptors (Lipinski definition) is 1. The third kappa shape index (κ3) is 1.84.